The highest BCUT2D eigenvalue weighted by Gasteiger charge is 2.21. The van der Waals surface area contributed by atoms with Crippen LogP contribution in [0, 0.1) is 0 Å². The first-order valence-corrected chi connectivity index (χ1v) is 9.19. The van der Waals surface area contributed by atoms with Gasteiger partial charge in [0, 0.05) is 17.7 Å². The van der Waals surface area contributed by atoms with E-state index < -0.39 is 0 Å². The molecule has 2 aromatic carbocycles. The summed E-state index contributed by atoms with van der Waals surface area (Å²) in [5.74, 6) is 0.542. The van der Waals surface area contributed by atoms with Crippen molar-refractivity contribution in [3.63, 3.8) is 0 Å². The molecule has 5 heteroatoms. The molecule has 0 N–H and O–H groups in total. The van der Waals surface area contributed by atoms with Crippen LogP contribution in [0.5, 0.6) is 5.75 Å². The molecule has 1 heterocycles. The zero-order chi connectivity index (χ0) is 19.2. The molecule has 0 atom stereocenters. The van der Waals surface area contributed by atoms with Gasteiger partial charge in [0.2, 0.25) is 0 Å². The number of ether oxygens (including phenoxy) is 2. The minimum atomic E-state index is -0.255. The Hall–Kier alpha value is -2.66. The van der Waals surface area contributed by atoms with Gasteiger partial charge in [0.25, 0.3) is 0 Å². The number of rotatable bonds is 6. The van der Waals surface area contributed by atoms with Crippen LogP contribution in [0.15, 0.2) is 47.5 Å². The van der Waals surface area contributed by atoms with Gasteiger partial charge in [-0.25, -0.2) is 0 Å². The van der Waals surface area contributed by atoms with Crippen LogP contribution in [0.25, 0.3) is 0 Å². The summed E-state index contributed by atoms with van der Waals surface area (Å²) < 4.78 is 10.8. The summed E-state index contributed by atoms with van der Waals surface area (Å²) in [7, 11) is 5.54. The summed E-state index contributed by atoms with van der Waals surface area (Å²) in [6, 6.07) is 14.0. The van der Waals surface area contributed by atoms with Gasteiger partial charge in [-0.3, -0.25) is 9.79 Å². The largest absolute Gasteiger partial charge is 0.488 e. The van der Waals surface area contributed by atoms with Gasteiger partial charge in [-0.2, -0.15) is 0 Å². The number of hydrogen-bond donors (Lipinski definition) is 0. The summed E-state index contributed by atoms with van der Waals surface area (Å²) in [6.07, 6.45) is 1.22. The first kappa shape index (κ1) is 19.1. The first-order chi connectivity index (χ1) is 13.1. The summed E-state index contributed by atoms with van der Waals surface area (Å²) in [6.45, 7) is 2.24. The van der Waals surface area contributed by atoms with Gasteiger partial charge in [-0.1, -0.05) is 30.3 Å². The molecule has 0 amide bonds. The number of carbonyl (C=O) groups excluding carboxylic acids is 1. The van der Waals surface area contributed by atoms with Crippen molar-refractivity contribution >= 4 is 11.7 Å². The fourth-order valence-electron chi connectivity index (χ4n) is 3.16. The second-order valence-electron chi connectivity index (χ2n) is 6.92. The van der Waals surface area contributed by atoms with Crippen molar-refractivity contribution in [3.8, 4) is 5.75 Å². The lowest BCUT2D eigenvalue weighted by atomic mass is 9.96. The Kier molecular flexibility index (Phi) is 6.24. The van der Waals surface area contributed by atoms with Crippen molar-refractivity contribution in [2.75, 3.05) is 34.3 Å². The van der Waals surface area contributed by atoms with E-state index in [0.29, 0.717) is 6.61 Å². The highest BCUT2D eigenvalue weighted by molar-refractivity contribution is 6.15. The fraction of sp³-hybridized carbons (Fsp3) is 0.364. The Morgan fingerprint density at radius 3 is 2.78 bits per heavy atom. The third kappa shape index (κ3) is 4.74. The maximum Gasteiger partial charge on any atom is 0.309 e. The molecule has 27 heavy (non-hydrogen) atoms. The van der Waals surface area contributed by atoms with Gasteiger partial charge in [-0.05, 0) is 50.3 Å². The van der Waals surface area contributed by atoms with Gasteiger partial charge in [-0.15, -0.1) is 0 Å². The van der Waals surface area contributed by atoms with Gasteiger partial charge in [0.05, 0.1) is 19.2 Å². The predicted octanol–water partition coefficient (Wildman–Crippen LogP) is 3.08. The number of carbonyl (C=O) groups is 1. The molecular weight excluding hydrogens is 340 g/mol. The predicted molar refractivity (Wildman–Crippen MR) is 107 cm³/mol. The van der Waals surface area contributed by atoms with E-state index in [1.165, 1.54) is 7.11 Å². The van der Waals surface area contributed by atoms with E-state index in [1.54, 1.807) is 0 Å². The van der Waals surface area contributed by atoms with Gasteiger partial charge in [0.15, 0.2) is 0 Å². The Morgan fingerprint density at radius 2 is 2.00 bits per heavy atom. The van der Waals surface area contributed by atoms with Gasteiger partial charge < -0.3 is 14.4 Å². The molecule has 142 valence electrons. The quantitative estimate of drug-likeness (QED) is 0.582. The van der Waals surface area contributed by atoms with Crippen molar-refractivity contribution in [1.82, 2.24) is 4.90 Å². The summed E-state index contributed by atoms with van der Waals surface area (Å²) in [5, 5.41) is 0. The van der Waals surface area contributed by atoms with Crippen LogP contribution < -0.4 is 4.74 Å². The third-order valence-electron chi connectivity index (χ3n) is 4.56. The zero-order valence-electron chi connectivity index (χ0n) is 16.2. The molecular formula is C22H26N2O3. The van der Waals surface area contributed by atoms with Crippen molar-refractivity contribution in [2.45, 2.75) is 19.4 Å². The second-order valence-corrected chi connectivity index (χ2v) is 6.92. The summed E-state index contributed by atoms with van der Waals surface area (Å²) in [4.78, 5) is 18.8. The fourth-order valence-corrected chi connectivity index (χ4v) is 3.16. The highest BCUT2D eigenvalue weighted by atomic mass is 16.5. The Labute approximate surface area is 160 Å². The van der Waals surface area contributed by atoms with E-state index in [2.05, 4.69) is 31.1 Å². The Balaban J connectivity index is 1.99. The number of nitrogens with zero attached hydrogens (tertiary/aromatic N) is 2. The topological polar surface area (TPSA) is 51.1 Å². The molecule has 0 saturated carbocycles. The Bertz CT molecular complexity index is 843. The number of esters is 1. The SMILES string of the molecule is COC(=O)Cc1ccc2c(c1)C(=NCCCN(C)C)c1ccccc1CO2. The highest BCUT2D eigenvalue weighted by Crippen LogP contribution is 2.30. The molecule has 1 aliphatic rings. The van der Waals surface area contributed by atoms with E-state index in [9.17, 15) is 4.79 Å². The summed E-state index contributed by atoms with van der Waals surface area (Å²) in [5.41, 5.74) is 4.98. The third-order valence-corrected chi connectivity index (χ3v) is 4.56. The van der Waals surface area contributed by atoms with Crippen LogP contribution in [0.4, 0.5) is 0 Å². The normalized spacial score (nSPS) is 14.3. The minimum absolute atomic E-state index is 0.235. The molecule has 0 spiro atoms. The van der Waals surface area contributed by atoms with Crippen LogP contribution in [-0.4, -0.2) is 50.9 Å². The van der Waals surface area contributed by atoms with E-state index >= 15 is 0 Å². The summed E-state index contributed by atoms with van der Waals surface area (Å²) >= 11 is 0. The molecule has 0 bridgehead atoms. The molecule has 2 aromatic rings. The van der Waals surface area contributed by atoms with Crippen LogP contribution in [-0.2, 0) is 22.6 Å². The van der Waals surface area contributed by atoms with Crippen molar-refractivity contribution in [1.29, 1.82) is 0 Å². The van der Waals surface area contributed by atoms with Crippen molar-refractivity contribution in [3.05, 3.63) is 64.7 Å². The monoisotopic (exact) mass is 366 g/mol. The molecule has 0 aromatic heterocycles. The average Bonchev–Trinajstić information content (AvgIpc) is 2.82. The zero-order valence-corrected chi connectivity index (χ0v) is 16.2. The molecule has 0 saturated heterocycles. The lowest BCUT2D eigenvalue weighted by Gasteiger charge is -2.12. The van der Waals surface area contributed by atoms with Crippen LogP contribution in [0.2, 0.25) is 0 Å². The van der Waals surface area contributed by atoms with E-state index in [1.807, 2.05) is 30.3 Å². The van der Waals surface area contributed by atoms with Crippen molar-refractivity contribution in [2.24, 2.45) is 4.99 Å². The molecule has 0 aliphatic carbocycles. The van der Waals surface area contributed by atoms with Gasteiger partial charge in [0.1, 0.15) is 12.4 Å². The van der Waals surface area contributed by atoms with E-state index in [0.717, 1.165) is 53.2 Å². The molecule has 3 rings (SSSR count). The average molecular weight is 366 g/mol. The molecule has 5 nitrogen and oxygen atoms in total. The molecule has 1 aliphatic heterocycles. The maximum atomic E-state index is 11.7. The van der Waals surface area contributed by atoms with Crippen LogP contribution >= 0.6 is 0 Å². The number of aliphatic imine (C=N–C) groups is 1. The lowest BCUT2D eigenvalue weighted by molar-refractivity contribution is -0.139. The number of fused-ring (bicyclic) bond motifs is 2. The molecule has 0 fully saturated rings. The van der Waals surface area contributed by atoms with Gasteiger partial charge >= 0.3 is 5.97 Å². The lowest BCUT2D eigenvalue weighted by Crippen LogP contribution is -2.14. The number of hydrogen-bond acceptors (Lipinski definition) is 5. The minimum Gasteiger partial charge on any atom is -0.488 e. The standard InChI is InChI=1S/C22H26N2O3/c1-24(2)12-6-11-23-22-18-8-5-4-7-17(18)15-27-20-10-9-16(13-19(20)22)14-21(25)26-3/h4-5,7-10,13H,6,11-12,14-15H2,1-3H3. The molecule has 0 unspecified atom stereocenters. The first-order valence-electron chi connectivity index (χ1n) is 9.19. The molecule has 0 radical (unpaired) electrons. The van der Waals surface area contributed by atoms with Crippen LogP contribution in [0.3, 0.4) is 0 Å². The maximum absolute atomic E-state index is 11.7. The smallest absolute Gasteiger partial charge is 0.309 e. The number of benzene rings is 2. The van der Waals surface area contributed by atoms with Crippen LogP contribution in [0.1, 0.15) is 28.7 Å². The van der Waals surface area contributed by atoms with E-state index in [-0.39, 0.29) is 12.4 Å². The number of methoxy groups -OCH3 is 1. The Morgan fingerprint density at radius 1 is 1.19 bits per heavy atom. The second kappa shape index (κ2) is 8.82. The van der Waals surface area contributed by atoms with E-state index in [4.69, 9.17) is 14.5 Å². The van der Waals surface area contributed by atoms with Crippen molar-refractivity contribution < 1.29 is 14.3 Å².